The van der Waals surface area contributed by atoms with Crippen LogP contribution in [0.4, 0.5) is 14.9 Å². The molecule has 0 aliphatic carbocycles. The average Bonchev–Trinajstić information content (AvgIpc) is 2.86. The van der Waals surface area contributed by atoms with Gasteiger partial charge in [0.05, 0.1) is 30.7 Å². The fourth-order valence-corrected chi connectivity index (χ4v) is 5.15. The van der Waals surface area contributed by atoms with E-state index >= 15 is 0 Å². The molecule has 1 aliphatic heterocycles. The molecule has 1 amide bonds. The number of methoxy groups -OCH3 is 1. The highest BCUT2D eigenvalue weighted by Gasteiger charge is 2.27. The van der Waals surface area contributed by atoms with Gasteiger partial charge in [-0.15, -0.1) is 0 Å². The van der Waals surface area contributed by atoms with Crippen molar-refractivity contribution >= 4 is 27.8 Å². The van der Waals surface area contributed by atoms with Crippen LogP contribution in [0.25, 0.3) is 0 Å². The lowest BCUT2D eigenvalue weighted by Gasteiger charge is -2.35. The van der Waals surface area contributed by atoms with Crippen LogP contribution in [0.3, 0.4) is 0 Å². The molecule has 0 radical (unpaired) electrons. The van der Waals surface area contributed by atoms with Crippen LogP contribution >= 0.6 is 0 Å². The van der Waals surface area contributed by atoms with Gasteiger partial charge in [-0.2, -0.15) is 0 Å². The number of rotatable bonds is 8. The summed E-state index contributed by atoms with van der Waals surface area (Å²) in [6.45, 7) is 9.76. The van der Waals surface area contributed by atoms with Gasteiger partial charge < -0.3 is 14.4 Å². The molecule has 1 saturated heterocycles. The van der Waals surface area contributed by atoms with Crippen molar-refractivity contribution < 1.29 is 31.9 Å². The van der Waals surface area contributed by atoms with Crippen LogP contribution in [0, 0.1) is 5.82 Å². The smallest absolute Gasteiger partial charge is 0.410 e. The first-order valence-electron chi connectivity index (χ1n) is 12.5. The minimum Gasteiger partial charge on any atom is -0.465 e. The number of halogens is 1. The lowest BCUT2D eigenvalue weighted by atomic mass is 10.1. The Bertz CT molecular complexity index is 1250. The number of hydrogen-bond donors (Lipinski definition) is 0. The maximum Gasteiger partial charge on any atom is 0.410 e. The van der Waals surface area contributed by atoms with Gasteiger partial charge in [-0.05, 0) is 57.5 Å². The molecule has 0 spiro atoms. The van der Waals surface area contributed by atoms with E-state index in [0.717, 1.165) is 11.6 Å². The number of amides is 1. The Labute approximate surface area is 224 Å². The van der Waals surface area contributed by atoms with E-state index in [1.54, 1.807) is 23.1 Å². The number of hydrogen-bond acceptors (Lipinski definition) is 7. The van der Waals surface area contributed by atoms with Gasteiger partial charge in [-0.3, -0.25) is 9.21 Å². The van der Waals surface area contributed by atoms with Crippen LogP contribution in [0.1, 0.15) is 49.2 Å². The molecule has 2 aromatic rings. The third-order valence-corrected chi connectivity index (χ3v) is 7.86. The van der Waals surface area contributed by atoms with Crippen LogP contribution in [-0.2, 0) is 32.6 Å². The highest BCUT2D eigenvalue weighted by molar-refractivity contribution is 7.92. The zero-order chi connectivity index (χ0) is 28.1. The summed E-state index contributed by atoms with van der Waals surface area (Å²) in [6.07, 6.45) is -0.327. The molecule has 0 atom stereocenters. The highest BCUT2D eigenvalue weighted by atomic mass is 32.2. The maximum atomic E-state index is 14.8. The van der Waals surface area contributed by atoms with E-state index < -0.39 is 27.4 Å². The van der Waals surface area contributed by atoms with E-state index in [9.17, 15) is 22.4 Å². The van der Waals surface area contributed by atoms with Gasteiger partial charge in [-0.25, -0.2) is 22.4 Å². The summed E-state index contributed by atoms with van der Waals surface area (Å²) in [5.74, 6) is -1.53. The molecule has 1 fully saturated rings. The fraction of sp³-hybridized carbons (Fsp3) is 0.481. The third kappa shape index (κ3) is 7.67. The van der Waals surface area contributed by atoms with Crippen molar-refractivity contribution in [1.82, 2.24) is 9.80 Å². The van der Waals surface area contributed by atoms with Crippen LogP contribution in [0.15, 0.2) is 42.5 Å². The molecule has 1 aliphatic rings. The summed E-state index contributed by atoms with van der Waals surface area (Å²) in [5, 5.41) is 0. The monoisotopic (exact) mass is 549 g/mol. The van der Waals surface area contributed by atoms with Gasteiger partial charge in [0.1, 0.15) is 11.4 Å². The van der Waals surface area contributed by atoms with Gasteiger partial charge in [0.25, 0.3) is 0 Å². The van der Waals surface area contributed by atoms with Crippen molar-refractivity contribution in [3.8, 4) is 0 Å². The highest BCUT2D eigenvalue weighted by Crippen LogP contribution is 2.25. The van der Waals surface area contributed by atoms with E-state index in [2.05, 4.69) is 9.64 Å². The quantitative estimate of drug-likeness (QED) is 0.459. The Kier molecular flexibility index (Phi) is 9.37. The Balaban J connectivity index is 1.74. The number of carbonyl (C=O) groups is 2. The van der Waals surface area contributed by atoms with Crippen LogP contribution in [0.2, 0.25) is 0 Å². The van der Waals surface area contributed by atoms with E-state index in [1.807, 2.05) is 26.8 Å². The third-order valence-electron chi connectivity index (χ3n) is 6.12. The van der Waals surface area contributed by atoms with Crippen LogP contribution in [0.5, 0.6) is 0 Å². The van der Waals surface area contributed by atoms with E-state index in [1.165, 1.54) is 30.5 Å². The second-order valence-electron chi connectivity index (χ2n) is 10.1. The molecule has 1 heterocycles. The minimum absolute atomic E-state index is 0.0485. The summed E-state index contributed by atoms with van der Waals surface area (Å²) in [4.78, 5) is 27.9. The number of esters is 1. The molecule has 0 bridgehead atoms. The molecular formula is C27H36FN3O6S. The molecule has 0 aromatic heterocycles. The van der Waals surface area contributed by atoms with Crippen LogP contribution in [-0.4, -0.2) is 74.9 Å². The average molecular weight is 550 g/mol. The number of carbonyl (C=O) groups excluding carboxylic acids is 2. The molecule has 3 rings (SSSR count). The number of piperazine rings is 1. The van der Waals surface area contributed by atoms with E-state index in [-0.39, 0.29) is 29.5 Å². The van der Waals surface area contributed by atoms with Crippen molar-refractivity contribution in [2.24, 2.45) is 0 Å². The Morgan fingerprint density at radius 2 is 1.74 bits per heavy atom. The number of benzene rings is 2. The molecule has 0 unspecified atom stereocenters. The summed E-state index contributed by atoms with van der Waals surface area (Å²) < 4.78 is 52.1. The largest absolute Gasteiger partial charge is 0.465 e. The van der Waals surface area contributed by atoms with Crippen molar-refractivity contribution in [3.05, 3.63) is 65.0 Å². The predicted octanol–water partition coefficient (Wildman–Crippen LogP) is 4.02. The molecule has 0 N–H and O–H groups in total. The maximum absolute atomic E-state index is 14.8. The van der Waals surface area contributed by atoms with Crippen molar-refractivity contribution in [1.29, 1.82) is 0 Å². The summed E-state index contributed by atoms with van der Waals surface area (Å²) >= 11 is 0. The van der Waals surface area contributed by atoms with Crippen molar-refractivity contribution in [2.75, 3.05) is 43.3 Å². The topological polar surface area (TPSA) is 96.5 Å². The Hall–Kier alpha value is -3.18. The van der Waals surface area contributed by atoms with Crippen molar-refractivity contribution in [2.45, 2.75) is 46.4 Å². The second kappa shape index (κ2) is 12.1. The SMILES string of the molecule is CCS(=O)(=O)N(Cc1ccc(C(=O)OC)cc1F)c1cccc(CN2CCN(C(=O)OC(C)(C)C)CC2)c1. The lowest BCUT2D eigenvalue weighted by molar-refractivity contribution is 0.0139. The first-order chi connectivity index (χ1) is 17.8. The fourth-order valence-electron chi connectivity index (χ4n) is 4.06. The molecule has 9 nitrogen and oxygen atoms in total. The summed E-state index contributed by atoms with van der Waals surface area (Å²) in [5.41, 5.74) is 0.955. The molecule has 0 saturated carbocycles. The van der Waals surface area contributed by atoms with E-state index in [0.29, 0.717) is 38.4 Å². The Morgan fingerprint density at radius 3 is 2.32 bits per heavy atom. The normalized spacial score (nSPS) is 14.7. The van der Waals surface area contributed by atoms with Gasteiger partial charge >= 0.3 is 12.1 Å². The molecule has 2 aromatic carbocycles. The number of ether oxygens (including phenoxy) is 2. The standard InChI is InChI=1S/C27H36FN3O6S/c1-6-38(34,35)31(19-22-11-10-21(17-24(22)28)25(32)36-5)23-9-7-8-20(16-23)18-29-12-14-30(15-13-29)26(33)37-27(2,3)4/h7-11,16-17H,6,12-15,18-19H2,1-5H3. The number of nitrogens with zero attached hydrogens (tertiary/aromatic N) is 3. The molecular weight excluding hydrogens is 513 g/mol. The first-order valence-corrected chi connectivity index (χ1v) is 14.1. The van der Waals surface area contributed by atoms with E-state index in [4.69, 9.17) is 4.74 Å². The summed E-state index contributed by atoms with van der Waals surface area (Å²) in [6, 6.07) is 11.0. The molecule has 208 valence electrons. The zero-order valence-corrected chi connectivity index (χ0v) is 23.4. The summed E-state index contributed by atoms with van der Waals surface area (Å²) in [7, 11) is -2.53. The predicted molar refractivity (Wildman–Crippen MR) is 143 cm³/mol. The van der Waals surface area contributed by atoms with Gasteiger partial charge in [-0.1, -0.05) is 18.2 Å². The van der Waals surface area contributed by atoms with Crippen molar-refractivity contribution in [3.63, 3.8) is 0 Å². The van der Waals surface area contributed by atoms with Gasteiger partial charge in [0.2, 0.25) is 10.0 Å². The zero-order valence-electron chi connectivity index (χ0n) is 22.6. The second-order valence-corrected chi connectivity index (χ2v) is 12.3. The Morgan fingerprint density at radius 1 is 1.05 bits per heavy atom. The first kappa shape index (κ1) is 29.4. The van der Waals surface area contributed by atoms with Crippen LogP contribution < -0.4 is 4.31 Å². The molecule has 38 heavy (non-hydrogen) atoms. The van der Waals surface area contributed by atoms with Gasteiger partial charge in [0.15, 0.2) is 0 Å². The van der Waals surface area contributed by atoms with Gasteiger partial charge in [0, 0.05) is 38.3 Å². The minimum atomic E-state index is -3.74. The number of sulfonamides is 1. The number of anilines is 1. The molecule has 11 heteroatoms. The lowest BCUT2D eigenvalue weighted by Crippen LogP contribution is -2.49.